The number of nitrogens with zero attached hydrogens (tertiary/aromatic N) is 3. The van der Waals surface area contributed by atoms with E-state index in [1.54, 1.807) is 17.0 Å². The number of carbonyl (C=O) groups is 1. The molecule has 0 radical (unpaired) electrons. The van der Waals surface area contributed by atoms with Crippen LogP contribution in [-0.4, -0.2) is 20.5 Å². The summed E-state index contributed by atoms with van der Waals surface area (Å²) in [5.41, 5.74) is 5.18. The van der Waals surface area contributed by atoms with Crippen molar-refractivity contribution in [3.8, 4) is 0 Å². The zero-order chi connectivity index (χ0) is 26.6. The van der Waals surface area contributed by atoms with Crippen LogP contribution in [0.15, 0.2) is 125 Å². The van der Waals surface area contributed by atoms with Crippen molar-refractivity contribution in [2.75, 3.05) is 0 Å². The molecule has 0 bridgehead atoms. The van der Waals surface area contributed by atoms with Crippen LogP contribution < -0.4 is 0 Å². The quantitative estimate of drug-likeness (QED) is 0.204. The highest BCUT2D eigenvalue weighted by molar-refractivity contribution is 8.18. The van der Waals surface area contributed by atoms with E-state index in [0.29, 0.717) is 29.7 Å². The predicted molar refractivity (Wildman–Crippen MR) is 158 cm³/mol. The Kier molecular flexibility index (Phi) is 7.11. The zero-order valence-corrected chi connectivity index (χ0v) is 22.0. The lowest BCUT2D eigenvalue weighted by Crippen LogP contribution is -2.28. The Hall–Kier alpha value is -4.42. The summed E-state index contributed by atoms with van der Waals surface area (Å²) < 4.78 is 15.6. The van der Waals surface area contributed by atoms with Crippen LogP contribution in [0.25, 0.3) is 17.0 Å². The molecule has 1 aliphatic heterocycles. The van der Waals surface area contributed by atoms with E-state index >= 15 is 0 Å². The molecule has 2 heterocycles. The fourth-order valence-electron chi connectivity index (χ4n) is 4.72. The molecule has 6 rings (SSSR count). The van der Waals surface area contributed by atoms with Crippen LogP contribution in [0.1, 0.15) is 22.3 Å². The molecule has 4 aromatic carbocycles. The first-order valence-corrected chi connectivity index (χ1v) is 13.6. The molecule has 1 aliphatic rings. The molecule has 6 heteroatoms. The number of thioether (sulfide) groups is 1. The minimum absolute atomic E-state index is 0.0500. The van der Waals surface area contributed by atoms with E-state index in [-0.39, 0.29) is 11.7 Å². The predicted octanol–water partition coefficient (Wildman–Crippen LogP) is 7.50. The SMILES string of the molecule is O=C1C(=Cc2cn(Cc3ccc(F)cc3)c3ccccc23)SC(=NCc2ccccc2)N1Cc1ccccc1. The highest BCUT2D eigenvalue weighted by Crippen LogP contribution is 2.35. The average Bonchev–Trinajstić information content (AvgIpc) is 3.46. The third-order valence-corrected chi connectivity index (χ3v) is 7.73. The molecule has 1 saturated heterocycles. The largest absolute Gasteiger partial charge is 0.342 e. The second-order valence-electron chi connectivity index (χ2n) is 9.43. The van der Waals surface area contributed by atoms with Crippen LogP contribution in [0.3, 0.4) is 0 Å². The van der Waals surface area contributed by atoms with Crippen molar-refractivity contribution in [1.29, 1.82) is 0 Å². The normalized spacial score (nSPS) is 15.6. The molecule has 0 saturated carbocycles. The van der Waals surface area contributed by atoms with E-state index in [2.05, 4.69) is 22.9 Å². The first-order chi connectivity index (χ1) is 19.1. The van der Waals surface area contributed by atoms with Crippen LogP contribution in [-0.2, 0) is 24.4 Å². The van der Waals surface area contributed by atoms with Gasteiger partial charge in [0.05, 0.1) is 18.0 Å². The summed E-state index contributed by atoms with van der Waals surface area (Å²) >= 11 is 1.42. The summed E-state index contributed by atoms with van der Waals surface area (Å²) in [6.45, 7) is 1.57. The second kappa shape index (κ2) is 11.1. The maximum atomic E-state index is 13.7. The number of aliphatic imine (C=N–C) groups is 1. The zero-order valence-electron chi connectivity index (χ0n) is 21.2. The molecule has 1 fully saturated rings. The topological polar surface area (TPSA) is 37.6 Å². The number of halogens is 1. The summed E-state index contributed by atoms with van der Waals surface area (Å²) in [5.74, 6) is -0.297. The number of fused-ring (bicyclic) bond motifs is 1. The van der Waals surface area contributed by atoms with Crippen molar-refractivity contribution in [3.63, 3.8) is 0 Å². The minimum Gasteiger partial charge on any atom is -0.342 e. The standard InChI is InChI=1S/C33H26FN3OS/c34-28-17-15-26(16-18-28)21-36-23-27(29-13-7-8-14-30(29)36)19-31-32(38)37(22-25-11-5-2-6-12-25)33(39-31)35-20-24-9-3-1-4-10-24/h1-19,23H,20-22H2. The van der Waals surface area contributed by atoms with Crippen LogP contribution >= 0.6 is 11.8 Å². The monoisotopic (exact) mass is 531 g/mol. The van der Waals surface area contributed by atoms with E-state index in [4.69, 9.17) is 4.99 Å². The smallest absolute Gasteiger partial charge is 0.267 e. The van der Waals surface area contributed by atoms with E-state index in [1.165, 1.54) is 23.9 Å². The Morgan fingerprint density at radius 3 is 2.13 bits per heavy atom. The van der Waals surface area contributed by atoms with Gasteiger partial charge in [-0.3, -0.25) is 14.7 Å². The molecule has 1 aromatic heterocycles. The fourth-order valence-corrected chi connectivity index (χ4v) is 5.69. The van der Waals surface area contributed by atoms with E-state index < -0.39 is 0 Å². The van der Waals surface area contributed by atoms with E-state index in [1.807, 2.05) is 78.9 Å². The number of amides is 1. The number of benzene rings is 4. The van der Waals surface area contributed by atoms with Gasteiger partial charge in [0.1, 0.15) is 5.82 Å². The number of hydrogen-bond donors (Lipinski definition) is 0. The van der Waals surface area contributed by atoms with E-state index in [9.17, 15) is 9.18 Å². The molecular formula is C33H26FN3OS. The van der Waals surface area contributed by atoms with Gasteiger partial charge in [0.25, 0.3) is 5.91 Å². The third kappa shape index (κ3) is 5.56. The molecule has 192 valence electrons. The van der Waals surface area contributed by atoms with Crippen molar-refractivity contribution >= 4 is 39.8 Å². The number of amidine groups is 1. The highest BCUT2D eigenvalue weighted by Gasteiger charge is 2.33. The summed E-state index contributed by atoms with van der Waals surface area (Å²) in [6.07, 6.45) is 4.04. The molecule has 0 atom stereocenters. The van der Waals surface area contributed by atoms with Gasteiger partial charge in [-0.15, -0.1) is 0 Å². The van der Waals surface area contributed by atoms with Gasteiger partial charge >= 0.3 is 0 Å². The van der Waals surface area contributed by atoms with Crippen molar-refractivity contribution < 1.29 is 9.18 Å². The molecular weight excluding hydrogens is 505 g/mol. The Morgan fingerprint density at radius 1 is 0.744 bits per heavy atom. The third-order valence-electron chi connectivity index (χ3n) is 6.68. The van der Waals surface area contributed by atoms with Gasteiger partial charge in [-0.25, -0.2) is 4.39 Å². The lowest BCUT2D eigenvalue weighted by atomic mass is 10.1. The number of rotatable bonds is 7. The van der Waals surface area contributed by atoms with Crippen LogP contribution in [0.5, 0.6) is 0 Å². The highest BCUT2D eigenvalue weighted by atomic mass is 32.2. The molecule has 0 unspecified atom stereocenters. The van der Waals surface area contributed by atoms with Crippen LogP contribution in [0, 0.1) is 5.82 Å². The molecule has 0 aliphatic carbocycles. The van der Waals surface area contributed by atoms with E-state index in [0.717, 1.165) is 33.2 Å². The Morgan fingerprint density at radius 2 is 1.38 bits per heavy atom. The van der Waals surface area contributed by atoms with Crippen molar-refractivity contribution in [2.24, 2.45) is 4.99 Å². The summed E-state index contributed by atoms with van der Waals surface area (Å²) in [7, 11) is 0. The molecule has 0 N–H and O–H groups in total. The lowest BCUT2D eigenvalue weighted by Gasteiger charge is -2.15. The molecule has 1 amide bonds. The molecule has 4 nitrogen and oxygen atoms in total. The van der Waals surface area contributed by atoms with Crippen LogP contribution in [0.2, 0.25) is 0 Å². The van der Waals surface area contributed by atoms with Gasteiger partial charge < -0.3 is 4.57 Å². The maximum absolute atomic E-state index is 13.7. The number of aromatic nitrogens is 1. The summed E-state index contributed by atoms with van der Waals surface area (Å²) in [6, 6.07) is 34.8. The van der Waals surface area contributed by atoms with Gasteiger partial charge in [-0.05, 0) is 52.7 Å². The lowest BCUT2D eigenvalue weighted by molar-refractivity contribution is -0.122. The molecule has 5 aromatic rings. The molecule has 39 heavy (non-hydrogen) atoms. The van der Waals surface area contributed by atoms with Crippen molar-refractivity contribution in [2.45, 2.75) is 19.6 Å². The Labute approximate surface area is 231 Å². The first kappa shape index (κ1) is 24.9. The van der Waals surface area contributed by atoms with Gasteiger partial charge in [0, 0.05) is 29.2 Å². The van der Waals surface area contributed by atoms with Gasteiger partial charge in [-0.2, -0.15) is 0 Å². The maximum Gasteiger partial charge on any atom is 0.267 e. The second-order valence-corrected chi connectivity index (χ2v) is 10.4. The number of para-hydroxylation sites is 1. The number of carbonyl (C=O) groups excluding carboxylic acids is 1. The average molecular weight is 532 g/mol. The first-order valence-electron chi connectivity index (χ1n) is 12.8. The Bertz CT molecular complexity index is 1680. The van der Waals surface area contributed by atoms with Crippen LogP contribution in [0.4, 0.5) is 4.39 Å². The van der Waals surface area contributed by atoms with Crippen molar-refractivity contribution in [3.05, 3.63) is 148 Å². The summed E-state index contributed by atoms with van der Waals surface area (Å²) in [5, 5.41) is 1.76. The molecule has 0 spiro atoms. The van der Waals surface area contributed by atoms with Gasteiger partial charge in [0.2, 0.25) is 0 Å². The fraction of sp³-hybridized carbons (Fsp3) is 0.0909. The summed E-state index contributed by atoms with van der Waals surface area (Å²) in [4.78, 5) is 21.0. The van der Waals surface area contributed by atoms with Crippen molar-refractivity contribution in [1.82, 2.24) is 9.47 Å². The van der Waals surface area contributed by atoms with Gasteiger partial charge in [-0.1, -0.05) is 91.0 Å². The Balaban J connectivity index is 1.34. The minimum atomic E-state index is -0.247. The number of hydrogen-bond acceptors (Lipinski definition) is 3. The van der Waals surface area contributed by atoms with Gasteiger partial charge in [0.15, 0.2) is 5.17 Å².